The number of hydrogen-bond acceptors (Lipinski definition) is 5. The van der Waals surface area contributed by atoms with Gasteiger partial charge in [-0.3, -0.25) is 10.00 Å². The Labute approximate surface area is 130 Å². The van der Waals surface area contributed by atoms with Crippen LogP contribution in [0.25, 0.3) is 0 Å². The maximum Gasteiger partial charge on any atom is 0.175 e. The van der Waals surface area contributed by atoms with Crippen molar-refractivity contribution >= 4 is 9.84 Å². The number of benzene rings is 1. The van der Waals surface area contributed by atoms with Crippen LogP contribution in [0.3, 0.4) is 0 Å². The molecule has 3 rings (SSSR count). The zero-order valence-electron chi connectivity index (χ0n) is 12.8. The second-order valence-electron chi connectivity index (χ2n) is 5.82. The number of rotatable bonds is 4. The van der Waals surface area contributed by atoms with Gasteiger partial charge in [0.25, 0.3) is 0 Å². The molecule has 2 aromatic rings. The third-order valence-electron chi connectivity index (χ3n) is 4.01. The average Bonchev–Trinajstić information content (AvgIpc) is 3.07. The number of nitrogens with zero attached hydrogens (tertiary/aromatic N) is 3. The first kappa shape index (κ1) is 15.2. The summed E-state index contributed by atoms with van der Waals surface area (Å²) < 4.78 is 23.0. The smallest absolute Gasteiger partial charge is 0.175 e. The molecule has 0 bridgehead atoms. The van der Waals surface area contributed by atoms with Crippen molar-refractivity contribution in [2.45, 2.75) is 37.2 Å². The summed E-state index contributed by atoms with van der Waals surface area (Å²) in [4.78, 5) is 7.15. The summed E-state index contributed by atoms with van der Waals surface area (Å²) >= 11 is 0. The van der Waals surface area contributed by atoms with E-state index in [-0.39, 0.29) is 6.04 Å². The predicted octanol–water partition coefficient (Wildman–Crippen LogP) is 1.85. The van der Waals surface area contributed by atoms with Crippen molar-refractivity contribution in [3.63, 3.8) is 0 Å². The Balaban J connectivity index is 1.74. The Morgan fingerprint density at radius 1 is 1.32 bits per heavy atom. The highest BCUT2D eigenvalue weighted by Crippen LogP contribution is 2.31. The van der Waals surface area contributed by atoms with Crippen molar-refractivity contribution in [1.82, 2.24) is 20.1 Å². The van der Waals surface area contributed by atoms with Gasteiger partial charge in [-0.15, -0.1) is 0 Å². The maximum atomic E-state index is 11.5. The van der Waals surface area contributed by atoms with Crippen molar-refractivity contribution in [3.05, 3.63) is 41.5 Å². The van der Waals surface area contributed by atoms with Crippen LogP contribution in [0.2, 0.25) is 0 Å². The second kappa shape index (κ2) is 5.81. The molecule has 22 heavy (non-hydrogen) atoms. The summed E-state index contributed by atoms with van der Waals surface area (Å²) in [5.41, 5.74) is 1.10. The van der Waals surface area contributed by atoms with Gasteiger partial charge in [-0.1, -0.05) is 12.1 Å². The number of aromatic amines is 1. The molecule has 1 fully saturated rings. The van der Waals surface area contributed by atoms with Crippen molar-refractivity contribution < 1.29 is 8.42 Å². The van der Waals surface area contributed by atoms with E-state index in [1.165, 1.54) is 6.26 Å². The highest BCUT2D eigenvalue weighted by atomic mass is 32.2. The predicted molar refractivity (Wildman–Crippen MR) is 83.1 cm³/mol. The van der Waals surface area contributed by atoms with Gasteiger partial charge >= 0.3 is 0 Å². The molecule has 6 nitrogen and oxygen atoms in total. The Morgan fingerprint density at radius 3 is 2.64 bits per heavy atom. The van der Waals surface area contributed by atoms with Crippen LogP contribution in [-0.2, 0) is 16.4 Å². The van der Waals surface area contributed by atoms with Crippen LogP contribution in [-0.4, -0.2) is 41.3 Å². The third-order valence-corrected chi connectivity index (χ3v) is 5.14. The molecule has 2 heterocycles. The summed E-state index contributed by atoms with van der Waals surface area (Å²) in [5, 5.41) is 7.18. The molecule has 0 amide bonds. The molecular formula is C15H20N4O2S. The van der Waals surface area contributed by atoms with E-state index in [9.17, 15) is 8.42 Å². The molecule has 0 aliphatic carbocycles. The molecule has 1 saturated heterocycles. The van der Waals surface area contributed by atoms with E-state index < -0.39 is 9.84 Å². The van der Waals surface area contributed by atoms with E-state index in [0.29, 0.717) is 4.90 Å². The van der Waals surface area contributed by atoms with Gasteiger partial charge < -0.3 is 0 Å². The molecule has 118 valence electrons. The van der Waals surface area contributed by atoms with Gasteiger partial charge in [-0.25, -0.2) is 13.4 Å². The van der Waals surface area contributed by atoms with Gasteiger partial charge in [-0.05, 0) is 44.0 Å². The lowest BCUT2D eigenvalue weighted by Crippen LogP contribution is -2.23. The van der Waals surface area contributed by atoms with Crippen LogP contribution in [0.1, 0.15) is 36.1 Å². The van der Waals surface area contributed by atoms with Crippen LogP contribution in [0.5, 0.6) is 0 Å². The normalized spacial score (nSPS) is 19.6. The maximum absolute atomic E-state index is 11.5. The standard InChI is InChI=1S/C15H20N4O2S/c1-11-16-15(18-17-11)14-4-3-9-19(14)10-12-5-7-13(8-6-12)22(2,20)21/h5-8,14H,3-4,9-10H2,1-2H3,(H,16,17,18)/t14-/m1/s1. The second-order valence-corrected chi connectivity index (χ2v) is 7.84. The molecule has 1 aliphatic rings. The molecule has 0 spiro atoms. The van der Waals surface area contributed by atoms with E-state index in [1.807, 2.05) is 19.1 Å². The number of nitrogens with one attached hydrogen (secondary N) is 1. The van der Waals surface area contributed by atoms with E-state index in [2.05, 4.69) is 20.1 Å². The van der Waals surface area contributed by atoms with Crippen molar-refractivity contribution in [3.8, 4) is 0 Å². The molecule has 1 aromatic heterocycles. The lowest BCUT2D eigenvalue weighted by atomic mass is 10.1. The fourth-order valence-corrected chi connectivity index (χ4v) is 3.52. The molecule has 1 aromatic carbocycles. The highest BCUT2D eigenvalue weighted by Gasteiger charge is 2.28. The monoisotopic (exact) mass is 320 g/mol. The van der Waals surface area contributed by atoms with Crippen LogP contribution in [0.15, 0.2) is 29.2 Å². The minimum Gasteiger partial charge on any atom is -0.289 e. The average molecular weight is 320 g/mol. The van der Waals surface area contributed by atoms with Crippen LogP contribution >= 0.6 is 0 Å². The van der Waals surface area contributed by atoms with E-state index >= 15 is 0 Å². The Morgan fingerprint density at radius 2 is 2.05 bits per heavy atom. The topological polar surface area (TPSA) is 79.0 Å². The third kappa shape index (κ3) is 3.20. The van der Waals surface area contributed by atoms with Gasteiger partial charge in [-0.2, -0.15) is 5.10 Å². The minimum atomic E-state index is -3.14. The fourth-order valence-electron chi connectivity index (χ4n) is 2.89. The summed E-state index contributed by atoms with van der Waals surface area (Å²) in [6.07, 6.45) is 3.41. The lowest BCUT2D eigenvalue weighted by Gasteiger charge is -2.22. The van der Waals surface area contributed by atoms with Gasteiger partial charge in [0, 0.05) is 12.8 Å². The molecule has 7 heteroatoms. The largest absolute Gasteiger partial charge is 0.289 e. The first-order valence-electron chi connectivity index (χ1n) is 7.35. The van der Waals surface area contributed by atoms with Gasteiger partial charge in [0.2, 0.25) is 0 Å². The number of H-pyrrole nitrogens is 1. The summed E-state index contributed by atoms with van der Waals surface area (Å²) in [5.74, 6) is 1.68. The fraction of sp³-hybridized carbons (Fsp3) is 0.467. The minimum absolute atomic E-state index is 0.236. The quantitative estimate of drug-likeness (QED) is 0.930. The molecule has 1 atom stereocenters. The highest BCUT2D eigenvalue weighted by molar-refractivity contribution is 7.90. The van der Waals surface area contributed by atoms with Crippen LogP contribution < -0.4 is 0 Å². The van der Waals surface area contributed by atoms with Crippen molar-refractivity contribution in [1.29, 1.82) is 0 Å². The first-order valence-corrected chi connectivity index (χ1v) is 9.24. The van der Waals surface area contributed by atoms with Crippen molar-refractivity contribution in [2.75, 3.05) is 12.8 Å². The Hall–Kier alpha value is -1.73. The molecule has 0 saturated carbocycles. The zero-order chi connectivity index (χ0) is 15.7. The number of aryl methyl sites for hydroxylation is 1. The number of sulfone groups is 1. The number of hydrogen-bond donors (Lipinski definition) is 1. The van der Waals surface area contributed by atoms with Crippen LogP contribution in [0, 0.1) is 6.92 Å². The van der Waals surface area contributed by atoms with Gasteiger partial charge in [0.15, 0.2) is 15.7 Å². The van der Waals surface area contributed by atoms with Crippen molar-refractivity contribution in [2.24, 2.45) is 0 Å². The number of likely N-dealkylation sites (tertiary alicyclic amines) is 1. The van der Waals surface area contributed by atoms with E-state index in [1.54, 1.807) is 12.1 Å². The summed E-state index contributed by atoms with van der Waals surface area (Å²) in [6.45, 7) is 3.69. The summed E-state index contributed by atoms with van der Waals surface area (Å²) in [7, 11) is -3.14. The molecule has 1 N–H and O–H groups in total. The van der Waals surface area contributed by atoms with Crippen LogP contribution in [0.4, 0.5) is 0 Å². The van der Waals surface area contributed by atoms with Gasteiger partial charge in [0.05, 0.1) is 10.9 Å². The van der Waals surface area contributed by atoms with Gasteiger partial charge in [0.1, 0.15) is 5.82 Å². The molecule has 0 unspecified atom stereocenters. The Kier molecular flexibility index (Phi) is 4.01. The SMILES string of the molecule is Cc1nc([C@H]2CCCN2Cc2ccc(S(C)(=O)=O)cc2)n[nH]1. The van der Waals surface area contributed by atoms with E-state index in [4.69, 9.17) is 0 Å². The zero-order valence-corrected chi connectivity index (χ0v) is 13.6. The molecule has 1 aliphatic heterocycles. The first-order chi connectivity index (χ1) is 10.4. The molecule has 0 radical (unpaired) electrons. The van der Waals surface area contributed by atoms with E-state index in [0.717, 1.165) is 43.1 Å². The number of aromatic nitrogens is 3. The summed E-state index contributed by atoms with van der Waals surface area (Å²) in [6, 6.07) is 7.35. The Bertz CT molecular complexity index is 752. The lowest BCUT2D eigenvalue weighted by molar-refractivity contribution is 0.240. The molecular weight excluding hydrogens is 300 g/mol.